The molecule has 0 aromatic carbocycles. The van der Waals surface area contributed by atoms with E-state index in [1.54, 1.807) is 22.7 Å². The number of thiophene rings is 1. The number of aromatic nitrogens is 1. The van der Waals surface area contributed by atoms with Crippen molar-refractivity contribution in [2.24, 2.45) is 5.92 Å². The van der Waals surface area contributed by atoms with Crippen LogP contribution in [0.15, 0.2) is 29.0 Å². The summed E-state index contributed by atoms with van der Waals surface area (Å²) in [6.07, 6.45) is 5.70. The van der Waals surface area contributed by atoms with Crippen LogP contribution < -0.4 is 5.32 Å². The van der Waals surface area contributed by atoms with E-state index in [9.17, 15) is 4.79 Å². The molecule has 4 unspecified atom stereocenters. The molecule has 126 valence electrons. The SMILES string of the molecule is Cc1nc(C(Cc2ccsc2)NC(=O)C2CC3C=CC2O3)sc1C. The van der Waals surface area contributed by atoms with Gasteiger partial charge in [-0.25, -0.2) is 4.98 Å². The number of amides is 1. The van der Waals surface area contributed by atoms with Gasteiger partial charge in [0.15, 0.2) is 0 Å². The second kappa shape index (κ2) is 6.43. The van der Waals surface area contributed by atoms with Crippen LogP contribution in [0.1, 0.15) is 33.6 Å². The number of fused-ring (bicyclic) bond motifs is 2. The first-order chi connectivity index (χ1) is 11.6. The summed E-state index contributed by atoms with van der Waals surface area (Å²) >= 11 is 3.36. The van der Waals surface area contributed by atoms with Crippen LogP contribution in [-0.4, -0.2) is 23.1 Å². The number of hydrogen-bond donors (Lipinski definition) is 1. The summed E-state index contributed by atoms with van der Waals surface area (Å²) < 4.78 is 5.74. The lowest BCUT2D eigenvalue weighted by Crippen LogP contribution is -2.38. The van der Waals surface area contributed by atoms with Crippen molar-refractivity contribution in [1.29, 1.82) is 0 Å². The monoisotopic (exact) mass is 360 g/mol. The molecule has 24 heavy (non-hydrogen) atoms. The van der Waals surface area contributed by atoms with Gasteiger partial charge in [0.1, 0.15) is 5.01 Å². The molecule has 0 radical (unpaired) electrons. The summed E-state index contributed by atoms with van der Waals surface area (Å²) in [4.78, 5) is 18.7. The molecular weight excluding hydrogens is 340 g/mol. The average Bonchev–Trinajstić information content (AvgIpc) is 3.33. The Hall–Kier alpha value is -1.50. The van der Waals surface area contributed by atoms with E-state index in [4.69, 9.17) is 4.74 Å². The van der Waals surface area contributed by atoms with Crippen LogP contribution in [0.5, 0.6) is 0 Å². The van der Waals surface area contributed by atoms with Crippen LogP contribution in [0, 0.1) is 19.8 Å². The molecule has 0 spiro atoms. The van der Waals surface area contributed by atoms with Crippen LogP contribution in [0.25, 0.3) is 0 Å². The number of aryl methyl sites for hydroxylation is 2. The first-order valence-corrected chi connectivity index (χ1v) is 9.95. The normalized spacial score (nSPS) is 26.0. The van der Waals surface area contributed by atoms with Crippen molar-refractivity contribution < 1.29 is 9.53 Å². The van der Waals surface area contributed by atoms with Crippen LogP contribution in [0.2, 0.25) is 0 Å². The van der Waals surface area contributed by atoms with Crippen LogP contribution >= 0.6 is 22.7 Å². The third-order valence-electron chi connectivity index (χ3n) is 4.75. The molecule has 0 aliphatic carbocycles. The van der Waals surface area contributed by atoms with Gasteiger partial charge in [-0.1, -0.05) is 12.2 Å². The fraction of sp³-hybridized carbons (Fsp3) is 0.444. The zero-order chi connectivity index (χ0) is 16.7. The summed E-state index contributed by atoms with van der Waals surface area (Å²) in [5.74, 6) is 0.00437. The van der Waals surface area contributed by atoms with E-state index in [-0.39, 0.29) is 30.1 Å². The Labute approximate surface area is 149 Å². The number of ether oxygens (including phenoxy) is 1. The Morgan fingerprint density at radius 1 is 1.46 bits per heavy atom. The first-order valence-electron chi connectivity index (χ1n) is 8.19. The summed E-state index contributed by atoms with van der Waals surface area (Å²) in [5.41, 5.74) is 2.28. The Balaban J connectivity index is 1.53. The zero-order valence-electron chi connectivity index (χ0n) is 13.7. The van der Waals surface area contributed by atoms with Crippen molar-refractivity contribution in [1.82, 2.24) is 10.3 Å². The van der Waals surface area contributed by atoms with E-state index in [0.717, 1.165) is 23.5 Å². The minimum atomic E-state index is -0.0767. The lowest BCUT2D eigenvalue weighted by atomic mass is 9.93. The molecule has 2 aliphatic rings. The molecule has 0 saturated carbocycles. The van der Waals surface area contributed by atoms with Gasteiger partial charge < -0.3 is 10.1 Å². The van der Waals surface area contributed by atoms with E-state index < -0.39 is 0 Å². The van der Waals surface area contributed by atoms with Gasteiger partial charge in [0, 0.05) is 11.3 Å². The molecule has 1 fully saturated rings. The smallest absolute Gasteiger partial charge is 0.226 e. The molecule has 2 aromatic rings. The van der Waals surface area contributed by atoms with Crippen LogP contribution in [0.3, 0.4) is 0 Å². The van der Waals surface area contributed by atoms with E-state index in [0.29, 0.717) is 0 Å². The molecule has 4 rings (SSSR count). The Kier molecular flexibility index (Phi) is 4.28. The fourth-order valence-corrected chi connectivity index (χ4v) is 4.96. The number of nitrogens with one attached hydrogen (secondary N) is 1. The Morgan fingerprint density at radius 2 is 2.33 bits per heavy atom. The van der Waals surface area contributed by atoms with Crippen molar-refractivity contribution in [2.75, 3.05) is 0 Å². The van der Waals surface area contributed by atoms with Gasteiger partial charge in [0.05, 0.1) is 29.9 Å². The lowest BCUT2D eigenvalue weighted by molar-refractivity contribution is -0.126. The summed E-state index contributed by atoms with van der Waals surface area (Å²) in [6.45, 7) is 4.10. The molecule has 1 N–H and O–H groups in total. The third-order valence-corrected chi connectivity index (χ3v) is 6.67. The molecule has 2 aromatic heterocycles. The highest BCUT2D eigenvalue weighted by atomic mass is 32.1. The highest BCUT2D eigenvalue weighted by Crippen LogP contribution is 2.35. The second-order valence-corrected chi connectivity index (χ2v) is 8.47. The van der Waals surface area contributed by atoms with E-state index in [2.05, 4.69) is 40.1 Å². The van der Waals surface area contributed by atoms with Crippen molar-refractivity contribution in [2.45, 2.75) is 44.9 Å². The van der Waals surface area contributed by atoms with Crippen LogP contribution in [-0.2, 0) is 16.0 Å². The van der Waals surface area contributed by atoms with E-state index in [1.165, 1.54) is 10.4 Å². The molecule has 2 aliphatic heterocycles. The van der Waals surface area contributed by atoms with Gasteiger partial charge >= 0.3 is 0 Å². The lowest BCUT2D eigenvalue weighted by Gasteiger charge is -2.21. The summed E-state index contributed by atoms with van der Waals surface area (Å²) in [7, 11) is 0. The maximum atomic E-state index is 12.8. The minimum Gasteiger partial charge on any atom is -0.366 e. The van der Waals surface area contributed by atoms with E-state index >= 15 is 0 Å². The molecule has 2 bridgehead atoms. The highest BCUT2D eigenvalue weighted by molar-refractivity contribution is 7.11. The van der Waals surface area contributed by atoms with Gasteiger partial charge in [0.25, 0.3) is 0 Å². The standard InChI is InChI=1S/C18H20N2O2S2/c1-10-11(2)24-18(19-10)15(7-12-5-6-23-9-12)20-17(21)14-8-13-3-4-16(14)22-13/h3-6,9,13-16H,7-8H2,1-2H3,(H,20,21). The molecule has 4 heterocycles. The third kappa shape index (κ3) is 3.06. The number of rotatable bonds is 5. The molecular formula is C18H20N2O2S2. The molecule has 1 amide bonds. The number of carbonyl (C=O) groups excluding carboxylic acids is 1. The summed E-state index contributed by atoms with van der Waals surface area (Å²) in [5, 5.41) is 8.43. The van der Waals surface area contributed by atoms with Gasteiger partial charge in [-0.3, -0.25) is 4.79 Å². The van der Waals surface area contributed by atoms with E-state index in [1.807, 2.05) is 13.0 Å². The first kappa shape index (κ1) is 16.0. The quantitative estimate of drug-likeness (QED) is 0.830. The Morgan fingerprint density at radius 3 is 2.92 bits per heavy atom. The fourth-order valence-electron chi connectivity index (χ4n) is 3.30. The number of thiazole rings is 1. The largest absolute Gasteiger partial charge is 0.366 e. The topological polar surface area (TPSA) is 51.2 Å². The highest BCUT2D eigenvalue weighted by Gasteiger charge is 2.41. The van der Waals surface area contributed by atoms with Gasteiger partial charge in [-0.15, -0.1) is 11.3 Å². The van der Waals surface area contributed by atoms with Gasteiger partial charge in [-0.2, -0.15) is 11.3 Å². The average molecular weight is 361 g/mol. The molecule has 4 atom stereocenters. The van der Waals surface area contributed by atoms with Crippen molar-refractivity contribution in [3.8, 4) is 0 Å². The second-order valence-electron chi connectivity index (χ2n) is 6.46. The molecule has 1 saturated heterocycles. The number of hydrogen-bond acceptors (Lipinski definition) is 5. The maximum Gasteiger partial charge on any atom is 0.226 e. The number of nitrogens with zero attached hydrogens (tertiary/aromatic N) is 1. The summed E-state index contributed by atoms with van der Waals surface area (Å²) in [6, 6.07) is 2.04. The Bertz CT molecular complexity index is 747. The van der Waals surface area contributed by atoms with Gasteiger partial charge in [-0.05, 0) is 42.7 Å². The zero-order valence-corrected chi connectivity index (χ0v) is 15.3. The molecule has 6 heteroatoms. The van der Waals surface area contributed by atoms with Crippen molar-refractivity contribution in [3.63, 3.8) is 0 Å². The van der Waals surface area contributed by atoms with Crippen molar-refractivity contribution >= 4 is 28.6 Å². The predicted molar refractivity (Wildman–Crippen MR) is 96.4 cm³/mol. The van der Waals surface area contributed by atoms with Crippen LogP contribution in [0.4, 0.5) is 0 Å². The molecule has 4 nitrogen and oxygen atoms in total. The van der Waals surface area contributed by atoms with Crippen molar-refractivity contribution in [3.05, 3.63) is 50.1 Å². The minimum absolute atomic E-state index is 0.0587. The number of carbonyl (C=O) groups is 1. The van der Waals surface area contributed by atoms with Gasteiger partial charge in [0.2, 0.25) is 5.91 Å². The predicted octanol–water partition coefficient (Wildman–Crippen LogP) is 3.56. The maximum absolute atomic E-state index is 12.8.